The molecule has 1 aromatic carbocycles. The van der Waals surface area contributed by atoms with Gasteiger partial charge in [0.1, 0.15) is 18.0 Å². The van der Waals surface area contributed by atoms with Crippen LogP contribution in [0.5, 0.6) is 5.75 Å². The number of halogens is 1. The van der Waals surface area contributed by atoms with Crippen LogP contribution in [0.4, 0.5) is 4.39 Å². The highest BCUT2D eigenvalue weighted by molar-refractivity contribution is 5.72. The van der Waals surface area contributed by atoms with Gasteiger partial charge in [-0.15, -0.1) is 0 Å². The van der Waals surface area contributed by atoms with Crippen LogP contribution in [0, 0.1) is 17.7 Å². The molecular weight excluding hydrogens is 223 g/mol. The Morgan fingerprint density at radius 1 is 1.47 bits per heavy atom. The molecule has 4 heteroatoms. The van der Waals surface area contributed by atoms with Gasteiger partial charge in [0.25, 0.3) is 0 Å². The van der Waals surface area contributed by atoms with Crippen LogP contribution < -0.4 is 4.74 Å². The smallest absolute Gasteiger partial charge is 0.317 e. The molecule has 0 unspecified atom stereocenters. The summed E-state index contributed by atoms with van der Waals surface area (Å²) in [7, 11) is 1.46. The molecule has 0 amide bonds. The summed E-state index contributed by atoms with van der Waals surface area (Å²) in [5, 5.41) is 0. The lowest BCUT2D eigenvalue weighted by molar-refractivity contribution is -0.141. The second-order valence-corrected chi connectivity index (χ2v) is 3.13. The Bertz CT molecular complexity index is 457. The molecule has 0 saturated heterocycles. The van der Waals surface area contributed by atoms with Gasteiger partial charge in [-0.3, -0.25) is 4.79 Å². The van der Waals surface area contributed by atoms with Crippen LogP contribution in [0.1, 0.15) is 18.9 Å². The van der Waals surface area contributed by atoms with Crippen LogP contribution in [0.25, 0.3) is 0 Å². The lowest BCUT2D eigenvalue weighted by Crippen LogP contribution is -2.01. The van der Waals surface area contributed by atoms with E-state index in [0.717, 1.165) is 0 Å². The van der Waals surface area contributed by atoms with Gasteiger partial charge in [-0.1, -0.05) is 11.8 Å². The molecule has 0 aliphatic carbocycles. The van der Waals surface area contributed by atoms with Gasteiger partial charge in [-0.2, -0.15) is 0 Å². The summed E-state index contributed by atoms with van der Waals surface area (Å²) in [5.41, 5.74) is 0.232. The maximum Gasteiger partial charge on any atom is 0.317 e. The third kappa shape index (κ3) is 4.15. The van der Waals surface area contributed by atoms with Crippen molar-refractivity contribution in [1.82, 2.24) is 0 Å². The lowest BCUT2D eigenvalue weighted by atomic mass is 10.2. The quantitative estimate of drug-likeness (QED) is 0.595. The Balaban J connectivity index is 2.69. The average Bonchev–Trinajstić information content (AvgIpc) is 2.31. The highest BCUT2D eigenvalue weighted by Crippen LogP contribution is 2.15. The van der Waals surface area contributed by atoms with E-state index in [9.17, 15) is 9.18 Å². The van der Waals surface area contributed by atoms with E-state index in [1.165, 1.54) is 19.2 Å². The Hall–Kier alpha value is -2.02. The summed E-state index contributed by atoms with van der Waals surface area (Å²) in [5.74, 6) is 4.68. The first-order chi connectivity index (χ1) is 8.17. The zero-order valence-electron chi connectivity index (χ0n) is 9.75. The topological polar surface area (TPSA) is 35.5 Å². The summed E-state index contributed by atoms with van der Waals surface area (Å²) in [6, 6.07) is 4.36. The molecule has 0 saturated carbocycles. The number of benzene rings is 1. The largest absolute Gasteiger partial charge is 0.497 e. The minimum absolute atomic E-state index is 0.0424. The first-order valence-corrected chi connectivity index (χ1v) is 5.15. The number of carbonyl (C=O) groups excluding carboxylic acids is 1. The second kappa shape index (κ2) is 6.54. The predicted molar refractivity (Wildman–Crippen MR) is 61.1 cm³/mol. The third-order valence-electron chi connectivity index (χ3n) is 1.94. The van der Waals surface area contributed by atoms with Crippen LogP contribution >= 0.6 is 0 Å². The lowest BCUT2D eigenvalue weighted by Gasteiger charge is -2.00. The molecule has 0 radical (unpaired) electrons. The van der Waals surface area contributed by atoms with Crippen molar-refractivity contribution < 1.29 is 18.7 Å². The number of hydrogen-bond donors (Lipinski definition) is 0. The summed E-state index contributed by atoms with van der Waals surface area (Å²) in [4.78, 5) is 11.0. The molecule has 0 fully saturated rings. The van der Waals surface area contributed by atoms with Crippen molar-refractivity contribution >= 4 is 5.97 Å². The van der Waals surface area contributed by atoms with E-state index in [4.69, 9.17) is 9.47 Å². The van der Waals surface area contributed by atoms with Gasteiger partial charge >= 0.3 is 5.97 Å². The van der Waals surface area contributed by atoms with E-state index in [1.54, 1.807) is 13.0 Å². The van der Waals surface area contributed by atoms with Crippen molar-refractivity contribution in [3.63, 3.8) is 0 Å². The standard InChI is InChI=1S/C13H13FO3/c1-3-17-13(15)6-4-5-10-7-8-11(16-2)9-12(10)14/h7-9H,3,6H2,1-2H3. The van der Waals surface area contributed by atoms with E-state index in [-0.39, 0.29) is 12.0 Å². The molecule has 0 aromatic heterocycles. The Morgan fingerprint density at radius 3 is 2.82 bits per heavy atom. The summed E-state index contributed by atoms with van der Waals surface area (Å²) >= 11 is 0. The normalized spacial score (nSPS) is 9.12. The second-order valence-electron chi connectivity index (χ2n) is 3.13. The van der Waals surface area contributed by atoms with Gasteiger partial charge in [0.05, 0.1) is 19.3 Å². The van der Waals surface area contributed by atoms with Crippen LogP contribution in [-0.2, 0) is 9.53 Å². The Labute approximate surface area is 99.5 Å². The van der Waals surface area contributed by atoms with E-state index in [2.05, 4.69) is 11.8 Å². The molecule has 0 atom stereocenters. The van der Waals surface area contributed by atoms with Gasteiger partial charge in [-0.25, -0.2) is 4.39 Å². The summed E-state index contributed by atoms with van der Waals surface area (Å²) in [6.07, 6.45) is -0.0424. The highest BCUT2D eigenvalue weighted by Gasteiger charge is 2.01. The monoisotopic (exact) mass is 236 g/mol. The summed E-state index contributed by atoms with van der Waals surface area (Å²) < 4.78 is 23.0. The number of esters is 1. The fourth-order valence-electron chi connectivity index (χ4n) is 1.15. The van der Waals surface area contributed by atoms with Crippen molar-refractivity contribution in [2.24, 2.45) is 0 Å². The zero-order chi connectivity index (χ0) is 12.7. The predicted octanol–water partition coefficient (Wildman–Crippen LogP) is 2.14. The third-order valence-corrected chi connectivity index (χ3v) is 1.94. The van der Waals surface area contributed by atoms with Gasteiger partial charge in [0.2, 0.25) is 0 Å². The van der Waals surface area contributed by atoms with Crippen LogP contribution in [0.2, 0.25) is 0 Å². The molecule has 0 aliphatic rings. The zero-order valence-corrected chi connectivity index (χ0v) is 9.75. The van der Waals surface area contributed by atoms with E-state index >= 15 is 0 Å². The summed E-state index contributed by atoms with van der Waals surface area (Å²) in [6.45, 7) is 2.03. The van der Waals surface area contributed by atoms with Crippen LogP contribution in [0.15, 0.2) is 18.2 Å². The maximum atomic E-state index is 13.4. The molecule has 1 aromatic rings. The number of ether oxygens (including phenoxy) is 2. The molecule has 3 nitrogen and oxygen atoms in total. The van der Waals surface area contributed by atoms with Gasteiger partial charge in [-0.05, 0) is 19.1 Å². The molecule has 1 rings (SSSR count). The number of carbonyl (C=O) groups is 1. The fraction of sp³-hybridized carbons (Fsp3) is 0.308. The molecule has 17 heavy (non-hydrogen) atoms. The number of hydrogen-bond acceptors (Lipinski definition) is 3. The van der Waals surface area contributed by atoms with Crippen LogP contribution in [-0.4, -0.2) is 19.7 Å². The van der Waals surface area contributed by atoms with Crippen molar-refractivity contribution in [1.29, 1.82) is 0 Å². The molecule has 90 valence electrons. The highest BCUT2D eigenvalue weighted by atomic mass is 19.1. The molecule has 0 heterocycles. The van der Waals surface area contributed by atoms with E-state index < -0.39 is 11.8 Å². The maximum absolute atomic E-state index is 13.4. The molecule has 0 aliphatic heterocycles. The first kappa shape index (κ1) is 13.0. The van der Waals surface area contributed by atoms with Gasteiger partial charge in [0.15, 0.2) is 0 Å². The fourth-order valence-corrected chi connectivity index (χ4v) is 1.15. The Morgan fingerprint density at radius 2 is 2.24 bits per heavy atom. The molecular formula is C13H13FO3. The molecule has 0 bridgehead atoms. The molecule has 0 N–H and O–H groups in total. The van der Waals surface area contributed by atoms with Gasteiger partial charge in [0, 0.05) is 6.07 Å². The van der Waals surface area contributed by atoms with E-state index in [0.29, 0.717) is 12.4 Å². The van der Waals surface area contributed by atoms with E-state index in [1.807, 2.05) is 0 Å². The van der Waals surface area contributed by atoms with Crippen molar-refractivity contribution in [3.8, 4) is 17.6 Å². The minimum atomic E-state index is -0.472. The van der Waals surface area contributed by atoms with Crippen LogP contribution in [0.3, 0.4) is 0 Å². The molecule has 0 spiro atoms. The van der Waals surface area contributed by atoms with Crippen molar-refractivity contribution in [3.05, 3.63) is 29.6 Å². The minimum Gasteiger partial charge on any atom is -0.497 e. The Kier molecular flexibility index (Phi) is 5.02. The van der Waals surface area contributed by atoms with Crippen molar-refractivity contribution in [2.75, 3.05) is 13.7 Å². The number of rotatable bonds is 3. The average molecular weight is 236 g/mol. The van der Waals surface area contributed by atoms with Gasteiger partial charge < -0.3 is 9.47 Å². The number of methoxy groups -OCH3 is 1. The van der Waals surface area contributed by atoms with Crippen molar-refractivity contribution in [2.45, 2.75) is 13.3 Å². The first-order valence-electron chi connectivity index (χ1n) is 5.15. The SMILES string of the molecule is CCOC(=O)CC#Cc1ccc(OC)cc1F.